The zero-order chi connectivity index (χ0) is 15.8. The lowest BCUT2D eigenvalue weighted by molar-refractivity contribution is -0.123. The highest BCUT2D eigenvalue weighted by Gasteiger charge is 2.11. The predicted octanol–water partition coefficient (Wildman–Crippen LogP) is 1.75. The van der Waals surface area contributed by atoms with Crippen LogP contribution in [0.25, 0.3) is 0 Å². The number of ether oxygens (including phenoxy) is 1. The van der Waals surface area contributed by atoms with Gasteiger partial charge in [-0.15, -0.1) is 0 Å². The Morgan fingerprint density at radius 2 is 1.90 bits per heavy atom. The van der Waals surface area contributed by atoms with E-state index in [1.165, 1.54) is 19.9 Å². The standard InChI is InChI=1S/C15H20N2O4/c1-4-7-16-15(20)9-21-14-8-12(10(2)18)5-6-13(14)17-11(3)19/h5-6,8H,4,7,9H2,1-3H3,(H,16,20)(H,17,19). The third-order valence-corrected chi connectivity index (χ3v) is 2.63. The summed E-state index contributed by atoms with van der Waals surface area (Å²) in [5, 5.41) is 5.28. The van der Waals surface area contributed by atoms with Gasteiger partial charge in [0, 0.05) is 19.0 Å². The number of Topliss-reactive ketones (excluding diaryl/α,β-unsaturated/α-hetero) is 1. The fourth-order valence-electron chi connectivity index (χ4n) is 1.61. The molecule has 0 aliphatic carbocycles. The van der Waals surface area contributed by atoms with Gasteiger partial charge < -0.3 is 15.4 Å². The minimum atomic E-state index is -0.258. The molecule has 114 valence electrons. The molecule has 0 aromatic heterocycles. The van der Waals surface area contributed by atoms with Gasteiger partial charge in [0.1, 0.15) is 5.75 Å². The molecule has 1 aromatic rings. The summed E-state index contributed by atoms with van der Waals surface area (Å²) in [6.07, 6.45) is 0.836. The van der Waals surface area contributed by atoms with E-state index in [2.05, 4.69) is 10.6 Å². The lowest BCUT2D eigenvalue weighted by Gasteiger charge is -2.12. The smallest absolute Gasteiger partial charge is 0.257 e. The first-order chi connectivity index (χ1) is 9.93. The Morgan fingerprint density at radius 1 is 1.19 bits per heavy atom. The molecule has 6 nitrogen and oxygen atoms in total. The van der Waals surface area contributed by atoms with E-state index in [4.69, 9.17) is 4.74 Å². The Labute approximate surface area is 123 Å². The summed E-state index contributed by atoms with van der Waals surface area (Å²) in [5.41, 5.74) is 0.879. The summed E-state index contributed by atoms with van der Waals surface area (Å²) in [6.45, 7) is 5.16. The molecule has 0 aliphatic rings. The Bertz CT molecular complexity index is 540. The van der Waals surface area contributed by atoms with Crippen molar-refractivity contribution in [1.29, 1.82) is 0 Å². The van der Waals surface area contributed by atoms with Gasteiger partial charge in [-0.1, -0.05) is 6.92 Å². The largest absolute Gasteiger partial charge is 0.482 e. The molecular formula is C15H20N2O4. The second kappa shape index (κ2) is 8.04. The first-order valence-electron chi connectivity index (χ1n) is 6.76. The van der Waals surface area contributed by atoms with Gasteiger partial charge in [0.25, 0.3) is 5.91 Å². The highest BCUT2D eigenvalue weighted by atomic mass is 16.5. The number of benzene rings is 1. The highest BCUT2D eigenvalue weighted by molar-refractivity contribution is 5.96. The number of anilines is 1. The molecule has 0 spiro atoms. The van der Waals surface area contributed by atoms with Crippen molar-refractivity contribution in [1.82, 2.24) is 5.32 Å². The molecule has 2 N–H and O–H groups in total. The van der Waals surface area contributed by atoms with Gasteiger partial charge in [-0.05, 0) is 31.5 Å². The minimum Gasteiger partial charge on any atom is -0.482 e. The van der Waals surface area contributed by atoms with Gasteiger partial charge >= 0.3 is 0 Å². The van der Waals surface area contributed by atoms with Crippen LogP contribution in [0.2, 0.25) is 0 Å². The summed E-state index contributed by atoms with van der Waals surface area (Å²) < 4.78 is 5.41. The van der Waals surface area contributed by atoms with E-state index >= 15 is 0 Å². The number of hydrogen-bond acceptors (Lipinski definition) is 4. The predicted molar refractivity (Wildman–Crippen MR) is 79.5 cm³/mol. The monoisotopic (exact) mass is 292 g/mol. The van der Waals surface area contributed by atoms with Gasteiger partial charge in [-0.2, -0.15) is 0 Å². The molecule has 0 atom stereocenters. The van der Waals surface area contributed by atoms with Crippen LogP contribution in [0.15, 0.2) is 18.2 Å². The van der Waals surface area contributed by atoms with Gasteiger partial charge in [-0.3, -0.25) is 14.4 Å². The van der Waals surface area contributed by atoms with Crippen molar-refractivity contribution in [2.75, 3.05) is 18.5 Å². The van der Waals surface area contributed by atoms with Crippen LogP contribution in [0.4, 0.5) is 5.69 Å². The SMILES string of the molecule is CCCNC(=O)COc1cc(C(C)=O)ccc1NC(C)=O. The molecule has 0 radical (unpaired) electrons. The van der Waals surface area contributed by atoms with Crippen LogP contribution in [0, 0.1) is 0 Å². The third-order valence-electron chi connectivity index (χ3n) is 2.63. The number of rotatable bonds is 7. The average molecular weight is 292 g/mol. The first-order valence-corrected chi connectivity index (χ1v) is 6.76. The zero-order valence-electron chi connectivity index (χ0n) is 12.5. The van der Waals surface area contributed by atoms with E-state index in [0.29, 0.717) is 23.5 Å². The Hall–Kier alpha value is -2.37. The summed E-state index contributed by atoms with van der Waals surface area (Å²) >= 11 is 0. The maximum absolute atomic E-state index is 11.5. The lowest BCUT2D eigenvalue weighted by Crippen LogP contribution is -2.29. The van der Waals surface area contributed by atoms with Crippen LogP contribution in [0.1, 0.15) is 37.6 Å². The molecule has 1 aromatic carbocycles. The quantitative estimate of drug-likeness (QED) is 0.750. The summed E-state index contributed by atoms with van der Waals surface area (Å²) in [6, 6.07) is 4.69. The van der Waals surface area contributed by atoms with Crippen LogP contribution in [-0.4, -0.2) is 30.7 Å². The van der Waals surface area contributed by atoms with Crippen LogP contribution in [0.3, 0.4) is 0 Å². The van der Waals surface area contributed by atoms with Crippen LogP contribution in [0.5, 0.6) is 5.75 Å². The van der Waals surface area contributed by atoms with E-state index in [1.54, 1.807) is 12.1 Å². The molecule has 0 fully saturated rings. The van der Waals surface area contributed by atoms with Crippen molar-refractivity contribution in [3.05, 3.63) is 23.8 Å². The van der Waals surface area contributed by atoms with Crippen molar-refractivity contribution in [3.8, 4) is 5.75 Å². The number of hydrogen-bond donors (Lipinski definition) is 2. The van der Waals surface area contributed by atoms with E-state index in [1.807, 2.05) is 6.92 Å². The number of carbonyl (C=O) groups excluding carboxylic acids is 3. The molecule has 0 unspecified atom stereocenters. The second-order valence-corrected chi connectivity index (χ2v) is 4.59. The molecule has 6 heteroatoms. The maximum atomic E-state index is 11.5. The highest BCUT2D eigenvalue weighted by Crippen LogP contribution is 2.26. The molecule has 21 heavy (non-hydrogen) atoms. The zero-order valence-corrected chi connectivity index (χ0v) is 12.5. The molecular weight excluding hydrogens is 272 g/mol. The Morgan fingerprint density at radius 3 is 2.48 bits per heavy atom. The maximum Gasteiger partial charge on any atom is 0.257 e. The van der Waals surface area contributed by atoms with Gasteiger partial charge in [-0.25, -0.2) is 0 Å². The molecule has 0 saturated carbocycles. The van der Waals surface area contributed by atoms with Crippen molar-refractivity contribution in [2.45, 2.75) is 27.2 Å². The van der Waals surface area contributed by atoms with E-state index in [0.717, 1.165) is 6.42 Å². The van der Waals surface area contributed by atoms with E-state index in [9.17, 15) is 14.4 Å². The topological polar surface area (TPSA) is 84.5 Å². The van der Waals surface area contributed by atoms with Crippen LogP contribution >= 0.6 is 0 Å². The van der Waals surface area contributed by atoms with E-state index in [-0.39, 0.29) is 24.2 Å². The summed E-state index contributed by atoms with van der Waals surface area (Å²) in [4.78, 5) is 34.1. The van der Waals surface area contributed by atoms with Gasteiger partial charge in [0.2, 0.25) is 5.91 Å². The fourth-order valence-corrected chi connectivity index (χ4v) is 1.61. The van der Waals surface area contributed by atoms with Crippen molar-refractivity contribution < 1.29 is 19.1 Å². The Balaban J connectivity index is 2.84. The van der Waals surface area contributed by atoms with E-state index < -0.39 is 0 Å². The number of ketones is 1. The molecule has 0 aliphatic heterocycles. The second-order valence-electron chi connectivity index (χ2n) is 4.59. The number of nitrogens with one attached hydrogen (secondary N) is 2. The lowest BCUT2D eigenvalue weighted by atomic mass is 10.1. The van der Waals surface area contributed by atoms with Crippen molar-refractivity contribution in [3.63, 3.8) is 0 Å². The summed E-state index contributed by atoms with van der Waals surface area (Å²) in [5.74, 6) is -0.334. The first kappa shape index (κ1) is 16.7. The van der Waals surface area contributed by atoms with Gasteiger partial charge in [0.05, 0.1) is 5.69 Å². The molecule has 0 bridgehead atoms. The molecule has 1 rings (SSSR count). The number of carbonyl (C=O) groups is 3. The Kier molecular flexibility index (Phi) is 6.39. The third kappa shape index (κ3) is 5.64. The fraction of sp³-hybridized carbons (Fsp3) is 0.400. The van der Waals surface area contributed by atoms with Crippen LogP contribution < -0.4 is 15.4 Å². The average Bonchev–Trinajstić information content (AvgIpc) is 2.43. The molecule has 0 heterocycles. The summed E-state index contributed by atoms with van der Waals surface area (Å²) in [7, 11) is 0. The normalized spacial score (nSPS) is 9.86. The van der Waals surface area contributed by atoms with Gasteiger partial charge in [0.15, 0.2) is 12.4 Å². The molecule has 2 amide bonds. The van der Waals surface area contributed by atoms with Crippen molar-refractivity contribution in [2.24, 2.45) is 0 Å². The molecule has 0 saturated heterocycles. The van der Waals surface area contributed by atoms with Crippen molar-refractivity contribution >= 4 is 23.3 Å². The van der Waals surface area contributed by atoms with Crippen LogP contribution in [-0.2, 0) is 9.59 Å². The minimum absolute atomic E-state index is 0.121. The number of amides is 2.